The van der Waals surface area contributed by atoms with E-state index >= 15 is 0 Å². The number of thioether (sulfide) groups is 1. The Morgan fingerprint density at radius 3 is 2.28 bits per heavy atom. The van der Waals surface area contributed by atoms with Crippen molar-refractivity contribution in [2.24, 2.45) is 23.2 Å². The number of rotatable bonds is 6. The van der Waals surface area contributed by atoms with Crippen LogP contribution in [0.4, 0.5) is 5.69 Å². The number of imide groups is 1. The lowest BCUT2D eigenvalue weighted by molar-refractivity contribution is -0.121. The first-order valence-electron chi connectivity index (χ1n) is 10.8. The van der Waals surface area contributed by atoms with Crippen LogP contribution in [0.1, 0.15) is 44.9 Å². The fraction of sp³-hybridized carbons (Fsp3) is 0.609. The van der Waals surface area contributed by atoms with Crippen LogP contribution in [0.2, 0.25) is 0 Å². The van der Waals surface area contributed by atoms with Gasteiger partial charge in [0.25, 0.3) is 0 Å². The zero-order valence-corrected chi connectivity index (χ0v) is 17.5. The molecule has 1 atom stereocenters. The Bertz CT molecular complexity index is 789. The van der Waals surface area contributed by atoms with Crippen molar-refractivity contribution in [2.75, 3.05) is 17.2 Å². The number of hydrogen-bond donors (Lipinski definition) is 1. The van der Waals surface area contributed by atoms with Crippen LogP contribution in [0.15, 0.2) is 30.3 Å². The first-order chi connectivity index (χ1) is 14.0. The summed E-state index contributed by atoms with van der Waals surface area (Å²) in [6, 6.07) is 9.01. The van der Waals surface area contributed by atoms with E-state index in [1.807, 2.05) is 18.2 Å². The Morgan fingerprint density at radius 2 is 1.66 bits per heavy atom. The van der Waals surface area contributed by atoms with Crippen molar-refractivity contribution >= 4 is 35.2 Å². The number of benzene rings is 1. The molecule has 0 aromatic heterocycles. The van der Waals surface area contributed by atoms with E-state index in [0.717, 1.165) is 24.3 Å². The summed E-state index contributed by atoms with van der Waals surface area (Å²) in [5, 5.41) is 2.70. The van der Waals surface area contributed by atoms with Gasteiger partial charge in [0.1, 0.15) is 0 Å². The van der Waals surface area contributed by atoms with Crippen molar-refractivity contribution < 1.29 is 14.4 Å². The molecule has 4 bridgehead atoms. The Kier molecular flexibility index (Phi) is 4.93. The average molecular weight is 413 g/mol. The fourth-order valence-corrected chi connectivity index (χ4v) is 7.57. The lowest BCUT2D eigenvalue weighted by Crippen LogP contribution is -2.51. The molecule has 29 heavy (non-hydrogen) atoms. The van der Waals surface area contributed by atoms with Crippen molar-refractivity contribution in [1.29, 1.82) is 0 Å². The number of carbonyl (C=O) groups is 3. The quantitative estimate of drug-likeness (QED) is 0.728. The minimum absolute atomic E-state index is 0.0100. The summed E-state index contributed by atoms with van der Waals surface area (Å²) in [5.74, 6) is 2.45. The number of nitrogens with zero attached hydrogens (tertiary/aromatic N) is 1. The Balaban J connectivity index is 1.13. The van der Waals surface area contributed by atoms with Crippen LogP contribution in [-0.4, -0.2) is 35.3 Å². The van der Waals surface area contributed by atoms with E-state index < -0.39 is 5.25 Å². The number of para-hydroxylation sites is 1. The molecule has 6 heteroatoms. The van der Waals surface area contributed by atoms with Crippen LogP contribution in [0.25, 0.3) is 0 Å². The van der Waals surface area contributed by atoms with Crippen LogP contribution >= 0.6 is 11.8 Å². The van der Waals surface area contributed by atoms with Crippen LogP contribution in [0, 0.1) is 23.2 Å². The highest BCUT2D eigenvalue weighted by atomic mass is 32.2. The smallest absolute Gasteiger partial charge is 0.247 e. The molecule has 0 radical (unpaired) electrons. The van der Waals surface area contributed by atoms with E-state index in [2.05, 4.69) is 5.32 Å². The topological polar surface area (TPSA) is 66.5 Å². The van der Waals surface area contributed by atoms with E-state index in [1.54, 1.807) is 12.1 Å². The van der Waals surface area contributed by atoms with Gasteiger partial charge in [-0.1, -0.05) is 18.2 Å². The molecule has 0 unspecified atom stereocenters. The third-order valence-corrected chi connectivity index (χ3v) is 8.56. The highest BCUT2D eigenvalue weighted by Gasteiger charge is 2.50. The molecule has 1 saturated heterocycles. The number of amides is 3. The molecule has 5 nitrogen and oxygen atoms in total. The lowest BCUT2D eigenvalue weighted by Gasteiger charge is -2.56. The highest BCUT2D eigenvalue weighted by molar-refractivity contribution is 8.01. The monoisotopic (exact) mass is 412 g/mol. The third-order valence-electron chi connectivity index (χ3n) is 7.36. The molecule has 5 fully saturated rings. The van der Waals surface area contributed by atoms with Crippen molar-refractivity contribution in [2.45, 2.75) is 50.2 Å². The largest absolute Gasteiger partial charge is 0.355 e. The highest BCUT2D eigenvalue weighted by Crippen LogP contribution is 2.59. The van der Waals surface area contributed by atoms with E-state index in [1.165, 1.54) is 55.2 Å². The van der Waals surface area contributed by atoms with Crippen molar-refractivity contribution in [3.63, 3.8) is 0 Å². The van der Waals surface area contributed by atoms with E-state index in [4.69, 9.17) is 0 Å². The van der Waals surface area contributed by atoms with Gasteiger partial charge in [0.05, 0.1) is 16.7 Å². The zero-order chi connectivity index (χ0) is 20.0. The van der Waals surface area contributed by atoms with Crippen LogP contribution in [0.5, 0.6) is 0 Å². The molecule has 154 valence electrons. The number of anilines is 1. The Labute approximate surface area is 176 Å². The zero-order valence-electron chi connectivity index (χ0n) is 16.6. The summed E-state index contributed by atoms with van der Waals surface area (Å²) >= 11 is 1.30. The van der Waals surface area contributed by atoms with E-state index in [0.29, 0.717) is 11.1 Å². The fourth-order valence-electron chi connectivity index (χ4n) is 6.60. The summed E-state index contributed by atoms with van der Waals surface area (Å²) in [4.78, 5) is 38.7. The van der Waals surface area contributed by atoms with Gasteiger partial charge >= 0.3 is 0 Å². The van der Waals surface area contributed by atoms with Gasteiger partial charge in [0.2, 0.25) is 17.7 Å². The Morgan fingerprint density at radius 1 is 1.03 bits per heavy atom. The molecule has 5 aliphatic rings. The van der Waals surface area contributed by atoms with Gasteiger partial charge in [-0.3, -0.25) is 14.4 Å². The first kappa shape index (κ1) is 19.2. The molecular weight excluding hydrogens is 384 g/mol. The van der Waals surface area contributed by atoms with Gasteiger partial charge in [0.15, 0.2) is 0 Å². The van der Waals surface area contributed by atoms with Gasteiger partial charge in [-0.2, -0.15) is 0 Å². The lowest BCUT2D eigenvalue weighted by atomic mass is 9.49. The normalized spacial score (nSPS) is 35.4. The molecule has 4 aliphatic carbocycles. The van der Waals surface area contributed by atoms with Gasteiger partial charge < -0.3 is 5.32 Å². The van der Waals surface area contributed by atoms with Crippen LogP contribution < -0.4 is 10.2 Å². The first-order valence-corrected chi connectivity index (χ1v) is 11.9. The second kappa shape index (κ2) is 7.46. The van der Waals surface area contributed by atoms with Gasteiger partial charge in [-0.25, -0.2) is 4.90 Å². The standard InChI is InChI=1S/C23H28N2O3S/c26-20(24-14-23-10-15-6-16(11-23)8-17(7-15)12-23)13-29-19-9-21(27)25(22(19)28)18-4-2-1-3-5-18/h1-5,15-17,19H,6-14H2,(H,24,26)/t15?,16?,17?,19-,23?/m0/s1. The minimum Gasteiger partial charge on any atom is -0.355 e. The van der Waals surface area contributed by atoms with E-state index in [-0.39, 0.29) is 29.9 Å². The predicted molar refractivity (Wildman–Crippen MR) is 113 cm³/mol. The molecule has 6 rings (SSSR count). The SMILES string of the molecule is O=C(CS[C@H]1CC(=O)N(c2ccccc2)C1=O)NCC12CC3CC(CC(C3)C1)C2. The van der Waals surface area contributed by atoms with Gasteiger partial charge in [-0.15, -0.1) is 11.8 Å². The van der Waals surface area contributed by atoms with Crippen molar-refractivity contribution in [3.05, 3.63) is 30.3 Å². The summed E-state index contributed by atoms with van der Waals surface area (Å²) < 4.78 is 0. The van der Waals surface area contributed by atoms with Crippen molar-refractivity contribution in [3.8, 4) is 0 Å². The van der Waals surface area contributed by atoms with Crippen molar-refractivity contribution in [1.82, 2.24) is 5.32 Å². The average Bonchev–Trinajstić information content (AvgIpc) is 2.98. The summed E-state index contributed by atoms with van der Waals surface area (Å²) in [7, 11) is 0. The molecule has 1 aromatic carbocycles. The molecule has 0 spiro atoms. The predicted octanol–water partition coefficient (Wildman–Crippen LogP) is 3.38. The maximum absolute atomic E-state index is 12.7. The maximum atomic E-state index is 12.7. The van der Waals surface area contributed by atoms with Crippen LogP contribution in [0.3, 0.4) is 0 Å². The molecule has 1 aliphatic heterocycles. The Hall–Kier alpha value is -1.82. The molecule has 1 N–H and O–H groups in total. The van der Waals surface area contributed by atoms with E-state index in [9.17, 15) is 14.4 Å². The molecule has 3 amide bonds. The molecular formula is C23H28N2O3S. The second-order valence-corrected chi connectivity index (χ2v) is 10.8. The van der Waals surface area contributed by atoms with Gasteiger partial charge in [-0.05, 0) is 73.8 Å². The van der Waals surface area contributed by atoms with Gasteiger partial charge in [0, 0.05) is 13.0 Å². The van der Waals surface area contributed by atoms with Crippen LogP contribution in [-0.2, 0) is 14.4 Å². The maximum Gasteiger partial charge on any atom is 0.247 e. The summed E-state index contributed by atoms with van der Waals surface area (Å²) in [6.45, 7) is 0.781. The third kappa shape index (κ3) is 3.72. The number of hydrogen-bond acceptors (Lipinski definition) is 4. The molecule has 1 aromatic rings. The molecule has 4 saturated carbocycles. The second-order valence-electron chi connectivity index (χ2n) is 9.60. The summed E-state index contributed by atoms with van der Waals surface area (Å²) in [5.41, 5.74) is 0.926. The summed E-state index contributed by atoms with van der Waals surface area (Å²) in [6.07, 6.45) is 8.19. The molecule has 1 heterocycles. The minimum atomic E-state index is -0.465. The number of nitrogens with one attached hydrogen (secondary N) is 1. The number of carbonyl (C=O) groups excluding carboxylic acids is 3.